The lowest BCUT2D eigenvalue weighted by Gasteiger charge is -2.33. The molecule has 0 spiro atoms. The van der Waals surface area contributed by atoms with Gasteiger partial charge in [-0.3, -0.25) is 9.59 Å². The molecule has 0 radical (unpaired) electrons. The molecule has 1 unspecified atom stereocenters. The first-order valence-corrected chi connectivity index (χ1v) is 9.83. The summed E-state index contributed by atoms with van der Waals surface area (Å²) in [6.07, 6.45) is 5.20. The second kappa shape index (κ2) is 7.43. The molecular formula is C18H20N6O2S. The zero-order valence-electron chi connectivity index (χ0n) is 15.0. The molecule has 1 aliphatic heterocycles. The van der Waals surface area contributed by atoms with Gasteiger partial charge in [-0.25, -0.2) is 14.5 Å². The van der Waals surface area contributed by atoms with E-state index in [1.54, 1.807) is 27.8 Å². The van der Waals surface area contributed by atoms with E-state index in [1.165, 1.54) is 11.3 Å². The SMILES string of the molecule is Cc1c(C(=O)N2CCCC(CNC(=O)c3cscn3)C2)cnc2ccnn12. The number of thiazole rings is 1. The summed E-state index contributed by atoms with van der Waals surface area (Å²) in [4.78, 5) is 35.3. The van der Waals surface area contributed by atoms with Crippen LogP contribution in [-0.2, 0) is 0 Å². The largest absolute Gasteiger partial charge is 0.350 e. The molecule has 27 heavy (non-hydrogen) atoms. The lowest BCUT2D eigenvalue weighted by atomic mass is 9.97. The van der Waals surface area contributed by atoms with Gasteiger partial charge in [0, 0.05) is 37.3 Å². The Hall–Kier alpha value is -2.81. The number of hydrogen-bond donors (Lipinski definition) is 1. The van der Waals surface area contributed by atoms with Crippen molar-refractivity contribution in [2.24, 2.45) is 5.92 Å². The number of amides is 2. The van der Waals surface area contributed by atoms with E-state index in [9.17, 15) is 9.59 Å². The van der Waals surface area contributed by atoms with Crippen LogP contribution in [0.25, 0.3) is 5.65 Å². The predicted octanol–water partition coefficient (Wildman–Crippen LogP) is 1.78. The molecule has 0 aliphatic carbocycles. The Labute approximate surface area is 160 Å². The first-order chi connectivity index (χ1) is 13.1. The van der Waals surface area contributed by atoms with Crippen LogP contribution in [0, 0.1) is 12.8 Å². The van der Waals surface area contributed by atoms with E-state index in [-0.39, 0.29) is 17.7 Å². The molecule has 4 rings (SSSR count). The quantitative estimate of drug-likeness (QED) is 0.740. The highest BCUT2D eigenvalue weighted by atomic mass is 32.1. The fraction of sp³-hybridized carbons (Fsp3) is 0.389. The summed E-state index contributed by atoms with van der Waals surface area (Å²) in [6.45, 7) is 3.75. The van der Waals surface area contributed by atoms with Gasteiger partial charge in [-0.1, -0.05) is 0 Å². The van der Waals surface area contributed by atoms with Crippen molar-refractivity contribution in [3.63, 3.8) is 0 Å². The van der Waals surface area contributed by atoms with E-state index >= 15 is 0 Å². The van der Waals surface area contributed by atoms with Gasteiger partial charge in [0.15, 0.2) is 5.65 Å². The summed E-state index contributed by atoms with van der Waals surface area (Å²) in [5.41, 5.74) is 4.17. The Kier molecular flexibility index (Phi) is 4.85. The smallest absolute Gasteiger partial charge is 0.270 e. The number of aryl methyl sites for hydroxylation is 1. The van der Waals surface area contributed by atoms with Crippen molar-refractivity contribution in [1.29, 1.82) is 0 Å². The number of carbonyl (C=O) groups excluding carboxylic acids is 2. The maximum atomic E-state index is 13.0. The molecule has 9 heteroatoms. The molecule has 1 N–H and O–H groups in total. The van der Waals surface area contributed by atoms with Crippen molar-refractivity contribution in [1.82, 2.24) is 29.8 Å². The van der Waals surface area contributed by atoms with Gasteiger partial charge in [0.25, 0.3) is 11.8 Å². The molecule has 3 aromatic rings. The zero-order valence-corrected chi connectivity index (χ0v) is 15.8. The third kappa shape index (κ3) is 3.55. The average Bonchev–Trinajstić information content (AvgIpc) is 3.38. The van der Waals surface area contributed by atoms with Gasteiger partial charge in [0.05, 0.1) is 23.0 Å². The summed E-state index contributed by atoms with van der Waals surface area (Å²) in [5, 5.41) is 8.88. The van der Waals surface area contributed by atoms with Crippen molar-refractivity contribution in [3.8, 4) is 0 Å². The molecule has 1 fully saturated rings. The van der Waals surface area contributed by atoms with Gasteiger partial charge < -0.3 is 10.2 Å². The summed E-state index contributed by atoms with van der Waals surface area (Å²) in [5.74, 6) is 0.0313. The molecule has 1 saturated heterocycles. The number of piperidine rings is 1. The van der Waals surface area contributed by atoms with E-state index in [0.29, 0.717) is 30.9 Å². The van der Waals surface area contributed by atoms with Crippen LogP contribution in [0.15, 0.2) is 29.4 Å². The summed E-state index contributed by atoms with van der Waals surface area (Å²) in [7, 11) is 0. The monoisotopic (exact) mass is 384 g/mol. The third-order valence-corrected chi connectivity index (χ3v) is 5.50. The molecule has 0 saturated carbocycles. The highest BCUT2D eigenvalue weighted by molar-refractivity contribution is 7.07. The molecule has 1 atom stereocenters. The fourth-order valence-electron chi connectivity index (χ4n) is 3.44. The Bertz CT molecular complexity index is 968. The number of aromatic nitrogens is 4. The topological polar surface area (TPSA) is 92.5 Å². The van der Waals surface area contributed by atoms with E-state index in [1.807, 2.05) is 17.9 Å². The number of carbonyl (C=O) groups is 2. The van der Waals surface area contributed by atoms with E-state index in [0.717, 1.165) is 24.2 Å². The van der Waals surface area contributed by atoms with Gasteiger partial charge in [0.1, 0.15) is 5.69 Å². The molecular weight excluding hydrogens is 364 g/mol. The van der Waals surface area contributed by atoms with Crippen LogP contribution in [0.2, 0.25) is 0 Å². The van der Waals surface area contributed by atoms with Gasteiger partial charge in [-0.2, -0.15) is 5.10 Å². The Morgan fingerprint density at radius 2 is 2.26 bits per heavy atom. The normalized spacial score (nSPS) is 17.2. The predicted molar refractivity (Wildman–Crippen MR) is 101 cm³/mol. The van der Waals surface area contributed by atoms with Crippen molar-refractivity contribution in [2.45, 2.75) is 19.8 Å². The van der Waals surface area contributed by atoms with E-state index in [2.05, 4.69) is 20.4 Å². The molecule has 8 nitrogen and oxygen atoms in total. The minimum absolute atomic E-state index is 0.0343. The van der Waals surface area contributed by atoms with Crippen molar-refractivity contribution in [3.05, 3.63) is 46.3 Å². The van der Waals surface area contributed by atoms with Gasteiger partial charge in [0.2, 0.25) is 0 Å². The first-order valence-electron chi connectivity index (χ1n) is 8.88. The van der Waals surface area contributed by atoms with Crippen LogP contribution >= 0.6 is 11.3 Å². The molecule has 4 heterocycles. The molecule has 0 aromatic carbocycles. The van der Waals surface area contributed by atoms with Crippen LogP contribution in [0.4, 0.5) is 0 Å². The fourth-order valence-corrected chi connectivity index (χ4v) is 3.97. The maximum Gasteiger partial charge on any atom is 0.270 e. The van der Waals surface area contributed by atoms with Gasteiger partial charge in [-0.05, 0) is 25.7 Å². The summed E-state index contributed by atoms with van der Waals surface area (Å²) in [6, 6.07) is 1.81. The Balaban J connectivity index is 1.42. The number of nitrogens with one attached hydrogen (secondary N) is 1. The van der Waals surface area contributed by atoms with Crippen molar-refractivity contribution in [2.75, 3.05) is 19.6 Å². The number of rotatable bonds is 4. The number of hydrogen-bond acceptors (Lipinski definition) is 6. The number of fused-ring (bicyclic) bond motifs is 1. The van der Waals surface area contributed by atoms with Crippen LogP contribution in [0.3, 0.4) is 0 Å². The Morgan fingerprint density at radius 1 is 1.37 bits per heavy atom. The minimum Gasteiger partial charge on any atom is -0.350 e. The van der Waals surface area contributed by atoms with Crippen molar-refractivity contribution < 1.29 is 9.59 Å². The van der Waals surface area contributed by atoms with Crippen LogP contribution < -0.4 is 5.32 Å². The molecule has 140 valence electrons. The maximum absolute atomic E-state index is 13.0. The molecule has 2 amide bonds. The lowest BCUT2D eigenvalue weighted by Crippen LogP contribution is -2.44. The summed E-state index contributed by atoms with van der Waals surface area (Å²) >= 11 is 1.40. The van der Waals surface area contributed by atoms with Gasteiger partial charge >= 0.3 is 0 Å². The number of likely N-dealkylation sites (tertiary alicyclic amines) is 1. The molecule has 1 aliphatic rings. The first kappa shape index (κ1) is 17.6. The van der Waals surface area contributed by atoms with Crippen LogP contribution in [0.5, 0.6) is 0 Å². The van der Waals surface area contributed by atoms with Crippen LogP contribution in [-0.4, -0.2) is 55.9 Å². The standard InChI is InChI=1S/C18H20N6O2S/c1-12-14(8-19-16-4-5-22-24(12)16)18(26)23-6-2-3-13(9-23)7-20-17(25)15-10-27-11-21-15/h4-5,8,10-11,13H,2-3,6-7,9H2,1H3,(H,20,25). The van der Waals surface area contributed by atoms with E-state index < -0.39 is 0 Å². The zero-order chi connectivity index (χ0) is 18.8. The Morgan fingerprint density at radius 3 is 3.07 bits per heavy atom. The third-order valence-electron chi connectivity index (χ3n) is 4.91. The van der Waals surface area contributed by atoms with E-state index in [4.69, 9.17) is 0 Å². The highest BCUT2D eigenvalue weighted by Crippen LogP contribution is 2.20. The van der Waals surface area contributed by atoms with Gasteiger partial charge in [-0.15, -0.1) is 11.3 Å². The second-order valence-corrected chi connectivity index (χ2v) is 7.42. The second-order valence-electron chi connectivity index (χ2n) is 6.70. The number of nitrogens with zero attached hydrogens (tertiary/aromatic N) is 5. The molecule has 3 aromatic heterocycles. The molecule has 0 bridgehead atoms. The minimum atomic E-state index is -0.163. The lowest BCUT2D eigenvalue weighted by molar-refractivity contribution is 0.0669. The summed E-state index contributed by atoms with van der Waals surface area (Å²) < 4.78 is 1.68. The highest BCUT2D eigenvalue weighted by Gasteiger charge is 2.26. The average molecular weight is 384 g/mol. The van der Waals surface area contributed by atoms with Crippen LogP contribution in [0.1, 0.15) is 39.4 Å². The van der Waals surface area contributed by atoms with Crippen molar-refractivity contribution >= 4 is 28.8 Å².